The maximum absolute atomic E-state index is 13.4. The lowest BCUT2D eigenvalue weighted by Gasteiger charge is -2.11. The zero-order valence-electron chi connectivity index (χ0n) is 14.8. The van der Waals surface area contributed by atoms with Crippen LogP contribution in [0.1, 0.15) is 0 Å². The van der Waals surface area contributed by atoms with Gasteiger partial charge >= 0.3 is 0 Å². The van der Waals surface area contributed by atoms with Crippen molar-refractivity contribution in [1.82, 2.24) is 9.97 Å². The van der Waals surface area contributed by atoms with Crippen molar-refractivity contribution in [3.63, 3.8) is 0 Å². The largest absolute Gasteiger partial charge is 0.387 e. The van der Waals surface area contributed by atoms with E-state index in [2.05, 4.69) is 20.6 Å². The normalized spacial score (nSPS) is 10.9. The number of benzene rings is 3. The summed E-state index contributed by atoms with van der Waals surface area (Å²) in [6.07, 6.45) is 1.48. The summed E-state index contributed by atoms with van der Waals surface area (Å²) in [7, 11) is 1.83. The average Bonchev–Trinajstić information content (AvgIpc) is 2.71. The summed E-state index contributed by atoms with van der Waals surface area (Å²) in [6, 6.07) is 16.2. The summed E-state index contributed by atoms with van der Waals surface area (Å²) in [6.45, 7) is 0. The summed E-state index contributed by atoms with van der Waals surface area (Å²) in [5, 5.41) is 7.81. The lowest BCUT2D eigenvalue weighted by Crippen LogP contribution is -1.97. The zero-order chi connectivity index (χ0) is 19.7. The zero-order valence-corrected chi connectivity index (χ0v) is 16.3. The third kappa shape index (κ3) is 3.59. The first-order valence-corrected chi connectivity index (χ1v) is 9.25. The molecule has 0 saturated heterocycles. The molecule has 0 bridgehead atoms. The van der Waals surface area contributed by atoms with E-state index in [9.17, 15) is 4.39 Å². The van der Waals surface area contributed by atoms with E-state index in [1.807, 2.05) is 43.4 Å². The highest BCUT2D eigenvalue weighted by Crippen LogP contribution is 2.32. The fourth-order valence-corrected chi connectivity index (χ4v) is 3.34. The minimum Gasteiger partial charge on any atom is -0.387 e. The molecule has 0 aliphatic rings. The van der Waals surface area contributed by atoms with Crippen LogP contribution in [0, 0.1) is 5.82 Å². The minimum atomic E-state index is -0.467. The van der Waals surface area contributed by atoms with Gasteiger partial charge in [-0.2, -0.15) is 0 Å². The molecule has 3 aromatic carbocycles. The molecule has 28 heavy (non-hydrogen) atoms. The Kier molecular flexibility index (Phi) is 5.03. The molecule has 140 valence electrons. The Labute approximate surface area is 171 Å². The van der Waals surface area contributed by atoms with Gasteiger partial charge in [-0.05, 0) is 53.6 Å². The maximum atomic E-state index is 13.4. The van der Waals surface area contributed by atoms with E-state index in [-0.39, 0.29) is 5.02 Å². The number of rotatable bonds is 4. The second-order valence-electron chi connectivity index (χ2n) is 6.15. The van der Waals surface area contributed by atoms with Crippen molar-refractivity contribution in [1.29, 1.82) is 0 Å². The van der Waals surface area contributed by atoms with Crippen molar-refractivity contribution in [3.8, 4) is 11.1 Å². The van der Waals surface area contributed by atoms with Crippen LogP contribution >= 0.6 is 23.2 Å². The predicted molar refractivity (Wildman–Crippen MR) is 114 cm³/mol. The third-order valence-corrected chi connectivity index (χ3v) is 5.01. The van der Waals surface area contributed by atoms with E-state index in [0.29, 0.717) is 16.5 Å². The monoisotopic (exact) mass is 412 g/mol. The molecule has 1 aromatic heterocycles. The summed E-state index contributed by atoms with van der Waals surface area (Å²) >= 11 is 12.1. The van der Waals surface area contributed by atoms with Crippen molar-refractivity contribution in [2.45, 2.75) is 0 Å². The lowest BCUT2D eigenvalue weighted by atomic mass is 10.0. The van der Waals surface area contributed by atoms with E-state index < -0.39 is 5.82 Å². The van der Waals surface area contributed by atoms with Crippen LogP contribution in [0.25, 0.3) is 22.0 Å². The van der Waals surface area contributed by atoms with E-state index in [4.69, 9.17) is 23.2 Å². The van der Waals surface area contributed by atoms with Crippen molar-refractivity contribution in [2.75, 3.05) is 17.7 Å². The molecule has 4 aromatic rings. The Morgan fingerprint density at radius 2 is 1.64 bits per heavy atom. The van der Waals surface area contributed by atoms with E-state index in [1.54, 1.807) is 6.07 Å². The van der Waals surface area contributed by atoms with Gasteiger partial charge in [-0.15, -0.1) is 0 Å². The summed E-state index contributed by atoms with van der Waals surface area (Å²) in [4.78, 5) is 8.67. The van der Waals surface area contributed by atoms with Crippen LogP contribution in [-0.4, -0.2) is 17.0 Å². The Balaban J connectivity index is 1.78. The SMILES string of the molecule is CNc1cc(-c2ccc3ncnc(Nc4ccc(F)c(Cl)c4)c3c2)ccc1Cl. The fraction of sp³-hybridized carbons (Fsp3) is 0.0476. The maximum Gasteiger partial charge on any atom is 0.141 e. The molecule has 7 heteroatoms. The molecule has 0 radical (unpaired) electrons. The summed E-state index contributed by atoms with van der Waals surface area (Å²) in [5.74, 6) is 0.141. The quantitative estimate of drug-likeness (QED) is 0.400. The first-order chi connectivity index (χ1) is 13.5. The molecule has 2 N–H and O–H groups in total. The Morgan fingerprint density at radius 1 is 0.857 bits per heavy atom. The third-order valence-electron chi connectivity index (χ3n) is 4.39. The molecule has 0 amide bonds. The molecular formula is C21H15Cl2FN4. The van der Waals surface area contributed by atoms with Gasteiger partial charge in [0.05, 0.1) is 21.2 Å². The second-order valence-corrected chi connectivity index (χ2v) is 6.97. The first kappa shape index (κ1) is 18.5. The van der Waals surface area contributed by atoms with Crippen LogP contribution in [-0.2, 0) is 0 Å². The molecule has 0 fully saturated rings. The van der Waals surface area contributed by atoms with E-state index >= 15 is 0 Å². The van der Waals surface area contributed by atoms with Gasteiger partial charge in [0.25, 0.3) is 0 Å². The molecule has 0 aliphatic heterocycles. The van der Waals surface area contributed by atoms with Crippen molar-refractivity contribution in [3.05, 3.63) is 76.8 Å². The number of hydrogen-bond donors (Lipinski definition) is 2. The van der Waals surface area contributed by atoms with Gasteiger partial charge < -0.3 is 10.6 Å². The molecule has 1 heterocycles. The summed E-state index contributed by atoms with van der Waals surface area (Å²) < 4.78 is 13.4. The van der Waals surface area contributed by atoms with Gasteiger partial charge in [0.15, 0.2) is 0 Å². The van der Waals surface area contributed by atoms with Crippen molar-refractivity contribution >= 4 is 51.3 Å². The van der Waals surface area contributed by atoms with Crippen molar-refractivity contribution in [2.24, 2.45) is 0 Å². The van der Waals surface area contributed by atoms with Crippen LogP contribution in [0.15, 0.2) is 60.9 Å². The van der Waals surface area contributed by atoms with Crippen LogP contribution < -0.4 is 10.6 Å². The standard InChI is InChI=1S/C21H15Cl2FN4/c1-25-20-9-13(2-5-16(20)22)12-3-7-19-15(8-12)21(27-11-26-19)28-14-4-6-18(24)17(23)10-14/h2-11,25H,1H3,(H,26,27,28). The topological polar surface area (TPSA) is 49.8 Å². The molecule has 4 rings (SSSR count). The van der Waals surface area contributed by atoms with Crippen LogP contribution in [0.4, 0.5) is 21.6 Å². The first-order valence-electron chi connectivity index (χ1n) is 8.49. The van der Waals surface area contributed by atoms with Crippen LogP contribution in [0.5, 0.6) is 0 Å². The number of nitrogens with one attached hydrogen (secondary N) is 2. The number of halogens is 3. The van der Waals surface area contributed by atoms with Crippen molar-refractivity contribution < 1.29 is 4.39 Å². The Morgan fingerprint density at radius 3 is 2.43 bits per heavy atom. The van der Waals surface area contributed by atoms with Gasteiger partial charge in [0, 0.05) is 18.1 Å². The average molecular weight is 413 g/mol. The number of fused-ring (bicyclic) bond motifs is 1. The molecule has 0 saturated carbocycles. The highest BCUT2D eigenvalue weighted by Gasteiger charge is 2.09. The summed E-state index contributed by atoms with van der Waals surface area (Å²) in [5.41, 5.74) is 4.28. The molecule has 0 atom stereocenters. The lowest BCUT2D eigenvalue weighted by molar-refractivity contribution is 0.628. The number of aromatic nitrogens is 2. The van der Waals surface area contributed by atoms with Gasteiger partial charge in [-0.25, -0.2) is 14.4 Å². The van der Waals surface area contributed by atoms with Crippen LogP contribution in [0.2, 0.25) is 10.0 Å². The van der Waals surface area contributed by atoms with E-state index in [1.165, 1.54) is 18.5 Å². The molecule has 0 unspecified atom stereocenters. The van der Waals surface area contributed by atoms with Gasteiger partial charge in [0.1, 0.15) is 18.0 Å². The number of hydrogen-bond acceptors (Lipinski definition) is 4. The minimum absolute atomic E-state index is 0.0461. The number of nitrogens with zero attached hydrogens (tertiary/aromatic N) is 2. The Bertz CT molecular complexity index is 1180. The van der Waals surface area contributed by atoms with Gasteiger partial charge in [-0.3, -0.25) is 0 Å². The van der Waals surface area contributed by atoms with Gasteiger partial charge in [0.2, 0.25) is 0 Å². The van der Waals surface area contributed by atoms with E-state index in [0.717, 1.165) is 27.7 Å². The molecule has 0 spiro atoms. The smallest absolute Gasteiger partial charge is 0.141 e. The number of anilines is 3. The second kappa shape index (κ2) is 7.62. The van der Waals surface area contributed by atoms with Gasteiger partial charge in [-0.1, -0.05) is 35.3 Å². The molecule has 0 aliphatic carbocycles. The molecule has 4 nitrogen and oxygen atoms in total. The Hall–Kier alpha value is -2.89. The highest BCUT2D eigenvalue weighted by atomic mass is 35.5. The highest BCUT2D eigenvalue weighted by molar-refractivity contribution is 6.33. The molecular weight excluding hydrogens is 398 g/mol. The van der Waals surface area contributed by atoms with Crippen LogP contribution in [0.3, 0.4) is 0 Å². The predicted octanol–water partition coefficient (Wildman–Crippen LogP) is 6.53. The fourth-order valence-electron chi connectivity index (χ4n) is 2.94.